The van der Waals surface area contributed by atoms with E-state index >= 15 is 0 Å². The molecular weight excluding hydrogens is 465 g/mol. The minimum atomic E-state index is -0.0691. The molecule has 0 aliphatic heterocycles. The van der Waals surface area contributed by atoms with Crippen LogP contribution >= 0.6 is 65.8 Å². The molecule has 2 N–H and O–H groups in total. The smallest absolute Gasteiger partial charge is 0.0702 e. The van der Waals surface area contributed by atoms with Gasteiger partial charge in [0.2, 0.25) is 0 Å². The second-order valence-electron chi connectivity index (χ2n) is 3.29. The van der Waals surface area contributed by atoms with Gasteiger partial charge in [-0.25, -0.2) is 0 Å². The minimum absolute atomic E-state index is 0.0691. The first-order valence-corrected chi connectivity index (χ1v) is 8.02. The van der Waals surface area contributed by atoms with Crippen molar-refractivity contribution in [3.8, 4) is 0 Å². The van der Waals surface area contributed by atoms with Gasteiger partial charge >= 0.3 is 0 Å². The Labute approximate surface area is 129 Å². The summed E-state index contributed by atoms with van der Waals surface area (Å²) in [5, 5.41) is 0. The third-order valence-electron chi connectivity index (χ3n) is 2.19. The lowest BCUT2D eigenvalue weighted by Crippen LogP contribution is -2.11. The molecule has 0 radical (unpaired) electrons. The van der Waals surface area contributed by atoms with Crippen molar-refractivity contribution >= 4 is 65.8 Å². The van der Waals surface area contributed by atoms with Gasteiger partial charge in [-0.3, -0.25) is 0 Å². The number of hydrogen-bond acceptors (Lipinski definition) is 2. The van der Waals surface area contributed by atoms with Crippen molar-refractivity contribution in [1.29, 1.82) is 0 Å². The van der Waals surface area contributed by atoms with Crippen LogP contribution in [-0.4, -0.2) is 0 Å². The van der Waals surface area contributed by atoms with E-state index in [9.17, 15) is 0 Å². The Bertz CT molecular complexity index is 512. The van der Waals surface area contributed by atoms with E-state index in [0.29, 0.717) is 0 Å². The maximum Gasteiger partial charge on any atom is 0.0702 e. The van der Waals surface area contributed by atoms with Crippen LogP contribution in [0.1, 0.15) is 16.5 Å². The average molecular weight is 473 g/mol. The molecule has 0 aliphatic carbocycles. The van der Waals surface area contributed by atoms with Crippen LogP contribution in [0.4, 0.5) is 0 Å². The number of rotatable bonds is 2. The summed E-state index contributed by atoms with van der Waals surface area (Å²) in [4.78, 5) is 1.16. The van der Waals surface area contributed by atoms with Gasteiger partial charge in [-0.15, -0.1) is 11.3 Å². The molecule has 1 heterocycles. The molecule has 0 aliphatic rings. The molecule has 16 heavy (non-hydrogen) atoms. The van der Waals surface area contributed by atoms with Crippen molar-refractivity contribution in [1.82, 2.24) is 0 Å². The van der Waals surface area contributed by atoms with Gasteiger partial charge in [0, 0.05) is 12.9 Å². The maximum absolute atomic E-state index is 6.26. The molecule has 5 heteroatoms. The summed E-state index contributed by atoms with van der Waals surface area (Å²) >= 11 is 11.0. The molecular formula is C11H8Br2INS. The van der Waals surface area contributed by atoms with Crippen LogP contribution < -0.4 is 5.73 Å². The van der Waals surface area contributed by atoms with Crippen LogP contribution in [0.5, 0.6) is 0 Å². The van der Waals surface area contributed by atoms with Crippen molar-refractivity contribution in [3.05, 3.63) is 52.6 Å². The Hall–Kier alpha value is 0.570. The highest BCUT2D eigenvalue weighted by Crippen LogP contribution is 2.33. The van der Waals surface area contributed by atoms with Gasteiger partial charge in [-0.2, -0.15) is 0 Å². The van der Waals surface area contributed by atoms with E-state index in [1.54, 1.807) is 11.3 Å². The quantitative estimate of drug-likeness (QED) is 0.616. The van der Waals surface area contributed by atoms with Gasteiger partial charge in [0.15, 0.2) is 0 Å². The molecule has 1 aromatic carbocycles. The van der Waals surface area contributed by atoms with Crippen molar-refractivity contribution < 1.29 is 0 Å². The van der Waals surface area contributed by atoms with Crippen LogP contribution in [0.3, 0.4) is 0 Å². The Kier molecular flexibility index (Phi) is 4.45. The van der Waals surface area contributed by atoms with Gasteiger partial charge in [0.25, 0.3) is 0 Å². The molecule has 2 rings (SSSR count). The Morgan fingerprint density at radius 2 is 1.94 bits per heavy atom. The first-order chi connectivity index (χ1) is 7.58. The molecule has 2 aromatic rings. The van der Waals surface area contributed by atoms with Crippen molar-refractivity contribution in [2.24, 2.45) is 5.73 Å². The number of thiophene rings is 1. The Morgan fingerprint density at radius 3 is 2.56 bits per heavy atom. The second kappa shape index (κ2) is 5.48. The Morgan fingerprint density at radius 1 is 1.19 bits per heavy atom. The lowest BCUT2D eigenvalue weighted by molar-refractivity contribution is 0.886. The molecule has 84 valence electrons. The molecule has 0 spiro atoms. The third-order valence-corrected chi connectivity index (χ3v) is 5.29. The normalized spacial score (nSPS) is 12.8. The van der Waals surface area contributed by atoms with Crippen molar-refractivity contribution in [3.63, 3.8) is 0 Å². The van der Waals surface area contributed by atoms with E-state index < -0.39 is 0 Å². The van der Waals surface area contributed by atoms with Crippen LogP contribution in [-0.2, 0) is 0 Å². The highest BCUT2D eigenvalue weighted by atomic mass is 127. The lowest BCUT2D eigenvalue weighted by Gasteiger charge is -2.12. The summed E-state index contributed by atoms with van der Waals surface area (Å²) in [5.74, 6) is 0. The van der Waals surface area contributed by atoms with Crippen LogP contribution in [0.15, 0.2) is 38.6 Å². The highest BCUT2D eigenvalue weighted by Gasteiger charge is 2.14. The van der Waals surface area contributed by atoms with Crippen LogP contribution in [0.25, 0.3) is 0 Å². The van der Waals surface area contributed by atoms with Crippen molar-refractivity contribution in [2.75, 3.05) is 0 Å². The van der Waals surface area contributed by atoms with Crippen LogP contribution in [0.2, 0.25) is 0 Å². The molecule has 1 aromatic heterocycles. The number of halogens is 3. The van der Waals surface area contributed by atoms with E-state index in [-0.39, 0.29) is 6.04 Å². The maximum atomic E-state index is 6.26. The van der Waals surface area contributed by atoms with Crippen molar-refractivity contribution in [2.45, 2.75) is 6.04 Å². The van der Waals surface area contributed by atoms with Gasteiger partial charge in [0.05, 0.1) is 9.83 Å². The average Bonchev–Trinajstić information content (AvgIpc) is 2.67. The third kappa shape index (κ3) is 2.87. The fourth-order valence-corrected chi connectivity index (χ4v) is 3.85. The fraction of sp³-hybridized carbons (Fsp3) is 0.0909. The molecule has 0 amide bonds. The zero-order valence-electron chi connectivity index (χ0n) is 8.08. The number of hydrogen-bond donors (Lipinski definition) is 1. The zero-order chi connectivity index (χ0) is 11.7. The first-order valence-electron chi connectivity index (χ1n) is 4.53. The predicted octanol–water partition coefficient (Wildman–Crippen LogP) is 4.93. The topological polar surface area (TPSA) is 26.0 Å². The van der Waals surface area contributed by atoms with E-state index in [1.807, 2.05) is 12.1 Å². The number of nitrogens with two attached hydrogens (primary N) is 1. The molecule has 0 saturated heterocycles. The van der Waals surface area contributed by atoms with Gasteiger partial charge in [-0.1, -0.05) is 15.9 Å². The minimum Gasteiger partial charge on any atom is -0.320 e. The molecule has 1 nitrogen and oxygen atoms in total. The zero-order valence-corrected chi connectivity index (χ0v) is 14.2. The lowest BCUT2D eigenvalue weighted by atomic mass is 10.1. The first kappa shape index (κ1) is 13.0. The molecule has 0 saturated carbocycles. The van der Waals surface area contributed by atoms with E-state index in [0.717, 1.165) is 18.7 Å². The second-order valence-corrected chi connectivity index (χ2v) is 7.88. The highest BCUT2D eigenvalue weighted by molar-refractivity contribution is 14.1. The SMILES string of the molecule is NC(c1ccc(Br)s1)c1cc(I)ccc1Br. The Balaban J connectivity index is 2.40. The van der Waals surface area contributed by atoms with Gasteiger partial charge < -0.3 is 5.73 Å². The van der Waals surface area contributed by atoms with E-state index in [2.05, 4.69) is 72.6 Å². The molecule has 1 unspecified atom stereocenters. The largest absolute Gasteiger partial charge is 0.320 e. The standard InChI is InChI=1S/C11H8Br2INS/c12-8-2-1-6(14)5-7(8)11(15)9-3-4-10(13)16-9/h1-5,11H,15H2. The molecule has 1 atom stereocenters. The summed E-state index contributed by atoms with van der Waals surface area (Å²) < 4.78 is 3.37. The van der Waals surface area contributed by atoms with Crippen LogP contribution in [0, 0.1) is 3.57 Å². The summed E-state index contributed by atoms with van der Waals surface area (Å²) in [5.41, 5.74) is 7.38. The fourth-order valence-electron chi connectivity index (χ4n) is 1.40. The summed E-state index contributed by atoms with van der Waals surface area (Å²) in [6, 6.07) is 10.2. The number of benzene rings is 1. The van der Waals surface area contributed by atoms with Gasteiger partial charge in [-0.05, 0) is 74.4 Å². The molecule has 0 bridgehead atoms. The van der Waals surface area contributed by atoms with E-state index in [1.165, 1.54) is 3.57 Å². The summed E-state index contributed by atoms with van der Waals surface area (Å²) in [7, 11) is 0. The monoisotopic (exact) mass is 471 g/mol. The van der Waals surface area contributed by atoms with E-state index in [4.69, 9.17) is 5.73 Å². The summed E-state index contributed by atoms with van der Waals surface area (Å²) in [6.07, 6.45) is 0. The van der Waals surface area contributed by atoms with Gasteiger partial charge in [0.1, 0.15) is 0 Å². The summed E-state index contributed by atoms with van der Waals surface area (Å²) in [6.45, 7) is 0. The molecule has 0 fully saturated rings. The predicted molar refractivity (Wildman–Crippen MR) is 84.9 cm³/mol.